The van der Waals surface area contributed by atoms with Crippen LogP contribution in [-0.2, 0) is 16.4 Å². The van der Waals surface area contributed by atoms with Crippen molar-refractivity contribution in [2.24, 2.45) is 5.92 Å². The fraction of sp³-hybridized carbons (Fsp3) is 0.320. The molecule has 0 aliphatic rings. The van der Waals surface area contributed by atoms with Crippen LogP contribution >= 0.6 is 0 Å². The van der Waals surface area contributed by atoms with Crippen LogP contribution in [0.1, 0.15) is 19.4 Å². The molecule has 0 bridgehead atoms. The summed E-state index contributed by atoms with van der Waals surface area (Å²) in [6.45, 7) is 3.66. The second-order valence-corrected chi connectivity index (χ2v) is 10.6. The van der Waals surface area contributed by atoms with Crippen LogP contribution in [0.15, 0.2) is 78.1 Å². The number of hydrogen-bond acceptors (Lipinski definition) is 6. The van der Waals surface area contributed by atoms with Gasteiger partial charge in [0.15, 0.2) is 0 Å². The highest BCUT2D eigenvalue weighted by Crippen LogP contribution is 2.23. The highest BCUT2D eigenvalue weighted by Gasteiger charge is 2.31. The number of aliphatic hydroxyl groups is 1. The highest BCUT2D eigenvalue weighted by atomic mass is 32.2. The molecule has 3 aromatic rings. The van der Waals surface area contributed by atoms with Gasteiger partial charge < -0.3 is 15.5 Å². The van der Waals surface area contributed by atoms with Gasteiger partial charge in [-0.1, -0.05) is 56.3 Å². The molecule has 186 valence electrons. The Balaban J connectivity index is 1.84. The zero-order chi connectivity index (χ0) is 25.4. The van der Waals surface area contributed by atoms with E-state index in [1.165, 1.54) is 16.4 Å². The van der Waals surface area contributed by atoms with E-state index in [9.17, 15) is 23.4 Å². The molecular formula is C25H30N4O5S. The van der Waals surface area contributed by atoms with Crippen molar-refractivity contribution in [2.75, 3.05) is 13.1 Å². The molecule has 0 aliphatic carbocycles. The normalized spacial score (nSPS) is 13.5. The Morgan fingerprint density at radius 3 is 2.29 bits per heavy atom. The molecule has 0 aliphatic heterocycles. The lowest BCUT2D eigenvalue weighted by Crippen LogP contribution is -2.50. The molecule has 1 aromatic heterocycles. The summed E-state index contributed by atoms with van der Waals surface area (Å²) in [6, 6.07) is 14.5. The van der Waals surface area contributed by atoms with Crippen molar-refractivity contribution in [3.05, 3.63) is 78.8 Å². The number of amides is 1. The molecule has 0 fully saturated rings. The topological polar surface area (TPSA) is 133 Å². The molecule has 0 saturated carbocycles. The number of carboxylic acid groups (broad SMARTS) is 1. The molecular weight excluding hydrogens is 468 g/mol. The lowest BCUT2D eigenvalue weighted by molar-refractivity contribution is 0.0980. The van der Waals surface area contributed by atoms with Crippen molar-refractivity contribution in [1.82, 2.24) is 19.6 Å². The molecule has 3 N–H and O–H groups in total. The molecule has 2 atom stereocenters. The molecule has 0 unspecified atom stereocenters. The van der Waals surface area contributed by atoms with Crippen LogP contribution in [0.5, 0.6) is 0 Å². The van der Waals surface area contributed by atoms with Crippen LogP contribution < -0.4 is 5.32 Å². The largest absolute Gasteiger partial charge is 0.465 e. The van der Waals surface area contributed by atoms with Crippen LogP contribution in [0.4, 0.5) is 4.79 Å². The third kappa shape index (κ3) is 7.32. The van der Waals surface area contributed by atoms with Crippen LogP contribution in [-0.4, -0.2) is 64.2 Å². The smallest absolute Gasteiger partial charge is 0.404 e. The van der Waals surface area contributed by atoms with Crippen LogP contribution in [0.25, 0.3) is 11.3 Å². The number of nitrogens with zero attached hydrogens (tertiary/aromatic N) is 3. The number of aliphatic hydroxyl groups excluding tert-OH is 1. The van der Waals surface area contributed by atoms with Crippen LogP contribution in [0.2, 0.25) is 0 Å². The number of rotatable bonds is 11. The molecule has 9 nitrogen and oxygen atoms in total. The molecule has 0 spiro atoms. The van der Waals surface area contributed by atoms with Crippen molar-refractivity contribution >= 4 is 16.1 Å². The standard InChI is InChI=1S/C25H30N4O5S/c1-18(2)16-29(17-24(30)22(28-25(31)32)14-19-6-4-3-5-7-19)35(33,34)21-10-8-20(9-11-21)23-15-26-12-13-27-23/h3-13,15,18,22,24,28,30H,14,16-17H2,1-2H3,(H,31,32)/t22-,24-/m0/s1. The average Bonchev–Trinajstić information content (AvgIpc) is 2.84. The molecule has 0 radical (unpaired) electrons. The number of nitrogens with one attached hydrogen (secondary N) is 1. The van der Waals surface area contributed by atoms with Gasteiger partial charge in [0.25, 0.3) is 0 Å². The van der Waals surface area contributed by atoms with E-state index in [0.717, 1.165) is 11.1 Å². The summed E-state index contributed by atoms with van der Waals surface area (Å²) in [5.74, 6) is -0.0177. The highest BCUT2D eigenvalue weighted by molar-refractivity contribution is 7.89. The number of aromatic nitrogens is 2. The van der Waals surface area contributed by atoms with Gasteiger partial charge in [0.05, 0.1) is 28.9 Å². The molecule has 0 saturated heterocycles. The maximum Gasteiger partial charge on any atom is 0.404 e. The molecule has 10 heteroatoms. The maximum atomic E-state index is 13.5. The van der Waals surface area contributed by atoms with E-state index in [0.29, 0.717) is 5.69 Å². The molecule has 1 heterocycles. The molecule has 35 heavy (non-hydrogen) atoms. The van der Waals surface area contributed by atoms with Gasteiger partial charge in [0.2, 0.25) is 10.0 Å². The maximum absolute atomic E-state index is 13.5. The average molecular weight is 499 g/mol. The third-order valence-electron chi connectivity index (χ3n) is 5.38. The molecule has 3 rings (SSSR count). The number of sulfonamides is 1. The Kier molecular flexibility index (Phi) is 8.91. The summed E-state index contributed by atoms with van der Waals surface area (Å²) in [4.78, 5) is 19.7. The van der Waals surface area contributed by atoms with Crippen molar-refractivity contribution in [1.29, 1.82) is 0 Å². The first-order valence-corrected chi connectivity index (χ1v) is 12.7. The minimum Gasteiger partial charge on any atom is -0.465 e. The van der Waals surface area contributed by atoms with E-state index in [-0.39, 0.29) is 30.3 Å². The summed E-state index contributed by atoms with van der Waals surface area (Å²) in [6.07, 6.45) is 2.37. The summed E-state index contributed by atoms with van der Waals surface area (Å²) in [7, 11) is -3.96. The number of benzene rings is 2. The van der Waals surface area contributed by atoms with E-state index < -0.39 is 28.3 Å². The second kappa shape index (κ2) is 11.9. The van der Waals surface area contributed by atoms with Gasteiger partial charge >= 0.3 is 6.09 Å². The summed E-state index contributed by atoms with van der Waals surface area (Å²) in [5.41, 5.74) is 2.17. The first kappa shape index (κ1) is 26.3. The first-order valence-electron chi connectivity index (χ1n) is 11.2. The Morgan fingerprint density at radius 1 is 1.03 bits per heavy atom. The zero-order valence-electron chi connectivity index (χ0n) is 19.7. The lowest BCUT2D eigenvalue weighted by atomic mass is 10.0. The van der Waals surface area contributed by atoms with Gasteiger partial charge in [-0.05, 0) is 30.0 Å². The van der Waals surface area contributed by atoms with E-state index in [2.05, 4.69) is 15.3 Å². The Hall–Kier alpha value is -3.34. The van der Waals surface area contributed by atoms with Crippen molar-refractivity contribution in [3.8, 4) is 11.3 Å². The van der Waals surface area contributed by atoms with Crippen molar-refractivity contribution in [2.45, 2.75) is 37.3 Å². The minimum atomic E-state index is -3.96. The SMILES string of the molecule is CC(C)CN(C[C@H](O)[C@H](Cc1ccccc1)NC(=O)O)S(=O)(=O)c1ccc(-c2cnccn2)cc1. The summed E-state index contributed by atoms with van der Waals surface area (Å²) >= 11 is 0. The quantitative estimate of drug-likeness (QED) is 0.370. The second-order valence-electron chi connectivity index (χ2n) is 8.64. The Bertz CT molecular complexity index is 1190. The van der Waals surface area contributed by atoms with Crippen molar-refractivity contribution < 1.29 is 23.4 Å². The van der Waals surface area contributed by atoms with Crippen LogP contribution in [0, 0.1) is 5.92 Å². The minimum absolute atomic E-state index is 0.0177. The van der Waals surface area contributed by atoms with Crippen molar-refractivity contribution in [3.63, 3.8) is 0 Å². The Morgan fingerprint density at radius 2 is 1.71 bits per heavy atom. The van der Waals surface area contributed by atoms with Gasteiger partial charge in [0, 0.05) is 31.0 Å². The van der Waals surface area contributed by atoms with Gasteiger partial charge in [0.1, 0.15) is 0 Å². The zero-order valence-corrected chi connectivity index (χ0v) is 20.5. The first-order chi connectivity index (χ1) is 16.7. The lowest BCUT2D eigenvalue weighted by Gasteiger charge is -2.30. The number of carbonyl (C=O) groups is 1. The van der Waals surface area contributed by atoms with Gasteiger partial charge in [-0.2, -0.15) is 4.31 Å². The van der Waals surface area contributed by atoms with E-state index >= 15 is 0 Å². The molecule has 2 aromatic carbocycles. The van der Waals surface area contributed by atoms with E-state index in [4.69, 9.17) is 0 Å². The van der Waals surface area contributed by atoms with Gasteiger partial charge in [-0.3, -0.25) is 9.97 Å². The van der Waals surface area contributed by atoms with Crippen LogP contribution in [0.3, 0.4) is 0 Å². The van der Waals surface area contributed by atoms with Gasteiger partial charge in [-0.25, -0.2) is 13.2 Å². The molecule has 1 amide bonds. The monoisotopic (exact) mass is 498 g/mol. The summed E-state index contributed by atoms with van der Waals surface area (Å²) < 4.78 is 28.2. The third-order valence-corrected chi connectivity index (χ3v) is 7.23. The van der Waals surface area contributed by atoms with Gasteiger partial charge in [-0.15, -0.1) is 0 Å². The van der Waals surface area contributed by atoms with E-state index in [1.807, 2.05) is 44.2 Å². The predicted octanol–water partition coefficient (Wildman–Crippen LogP) is 3.03. The number of hydrogen-bond donors (Lipinski definition) is 3. The predicted molar refractivity (Wildman–Crippen MR) is 132 cm³/mol. The Labute approximate surface area is 205 Å². The summed E-state index contributed by atoms with van der Waals surface area (Å²) in [5, 5.41) is 22.6. The van der Waals surface area contributed by atoms with E-state index in [1.54, 1.807) is 30.7 Å². The fourth-order valence-electron chi connectivity index (χ4n) is 3.72. The fourth-order valence-corrected chi connectivity index (χ4v) is 5.34.